The topological polar surface area (TPSA) is 25.8 Å². The van der Waals surface area contributed by atoms with E-state index in [9.17, 15) is 0 Å². The Labute approximate surface area is 83.9 Å². The molecule has 0 aliphatic heterocycles. The van der Waals surface area contributed by atoms with Gasteiger partial charge in [0.15, 0.2) is 0 Å². The van der Waals surface area contributed by atoms with Crippen LogP contribution in [-0.2, 0) is 0 Å². The predicted octanol–water partition coefficient (Wildman–Crippen LogP) is 3.22. The second kappa shape index (κ2) is 2.80. The van der Waals surface area contributed by atoms with Crippen LogP contribution in [0.4, 0.5) is 0 Å². The lowest BCUT2D eigenvalue weighted by Gasteiger charge is -1.88. The van der Waals surface area contributed by atoms with Crippen LogP contribution in [0.15, 0.2) is 20.0 Å². The van der Waals surface area contributed by atoms with Crippen LogP contribution in [0.25, 0.3) is 11.0 Å². The fraction of sp³-hybridized carbons (Fsp3) is 0. The van der Waals surface area contributed by atoms with E-state index >= 15 is 0 Å². The largest absolute Gasteiger partial charge is 0.250 e. The van der Waals surface area contributed by atoms with Crippen molar-refractivity contribution in [3.05, 3.63) is 20.0 Å². The van der Waals surface area contributed by atoms with Gasteiger partial charge in [-0.2, -0.15) is 0 Å². The highest BCUT2D eigenvalue weighted by atomic mass is 79.9. The third kappa shape index (κ3) is 1.32. The molecule has 2 rings (SSSR count). The first-order chi connectivity index (χ1) is 5.27. The van der Waals surface area contributed by atoms with Gasteiger partial charge in [-0.15, -0.1) is 11.3 Å². The second-order valence-corrected chi connectivity index (χ2v) is 4.95. The fourth-order valence-corrected chi connectivity index (χ4v) is 2.31. The lowest BCUT2D eigenvalue weighted by atomic mass is 10.5. The fourth-order valence-electron chi connectivity index (χ4n) is 0.778. The minimum atomic E-state index is 0.773. The van der Waals surface area contributed by atoms with E-state index in [1.54, 1.807) is 17.5 Å². The van der Waals surface area contributed by atoms with Gasteiger partial charge in [-0.1, -0.05) is 0 Å². The Kier molecular flexibility index (Phi) is 1.95. The number of halogens is 2. The lowest BCUT2D eigenvalue weighted by molar-refractivity contribution is 1.26. The van der Waals surface area contributed by atoms with Gasteiger partial charge in [0, 0.05) is 5.38 Å². The molecule has 56 valence electrons. The summed E-state index contributed by atoms with van der Waals surface area (Å²) in [5.41, 5.74) is 1.86. The molecule has 0 N–H and O–H groups in total. The molecule has 0 amide bonds. The van der Waals surface area contributed by atoms with Crippen LogP contribution in [0, 0.1) is 0 Å². The number of rotatable bonds is 0. The summed E-state index contributed by atoms with van der Waals surface area (Å²) in [4.78, 5) is 8.43. The maximum atomic E-state index is 4.23. The second-order valence-electron chi connectivity index (χ2n) is 1.94. The molecule has 0 saturated heterocycles. The molecule has 2 nitrogen and oxygen atoms in total. The quantitative estimate of drug-likeness (QED) is 0.745. The van der Waals surface area contributed by atoms with Crippen molar-refractivity contribution < 1.29 is 0 Å². The minimum Gasteiger partial charge on any atom is -0.250 e. The number of nitrogens with zero attached hydrogens (tertiary/aromatic N) is 2. The number of hydrogen-bond donors (Lipinski definition) is 0. The number of thiophene rings is 1. The highest BCUT2D eigenvalue weighted by molar-refractivity contribution is 9.11. The third-order valence-electron chi connectivity index (χ3n) is 1.23. The van der Waals surface area contributed by atoms with Gasteiger partial charge in [-0.05, 0) is 31.9 Å². The van der Waals surface area contributed by atoms with Gasteiger partial charge in [-0.3, -0.25) is 0 Å². The summed E-state index contributed by atoms with van der Waals surface area (Å²) in [5, 5.41) is 1.97. The summed E-state index contributed by atoms with van der Waals surface area (Å²) in [6.45, 7) is 0. The highest BCUT2D eigenvalue weighted by Gasteiger charge is 2.03. The average Bonchev–Trinajstić information content (AvgIpc) is 2.32. The van der Waals surface area contributed by atoms with E-state index in [0.717, 1.165) is 19.4 Å². The Morgan fingerprint density at radius 1 is 1.36 bits per heavy atom. The van der Waals surface area contributed by atoms with Crippen LogP contribution < -0.4 is 0 Å². The zero-order valence-corrected chi connectivity index (χ0v) is 9.20. The lowest BCUT2D eigenvalue weighted by Crippen LogP contribution is -1.78. The first kappa shape index (κ1) is 7.64. The Bertz CT molecular complexity index is 398. The van der Waals surface area contributed by atoms with E-state index in [1.165, 1.54) is 0 Å². The summed E-state index contributed by atoms with van der Waals surface area (Å²) in [6, 6.07) is 0. The van der Waals surface area contributed by atoms with E-state index < -0.39 is 0 Å². The first-order valence-electron chi connectivity index (χ1n) is 2.82. The molecule has 0 radical (unpaired) electrons. The van der Waals surface area contributed by atoms with Crippen molar-refractivity contribution in [2.24, 2.45) is 0 Å². The van der Waals surface area contributed by atoms with Crippen molar-refractivity contribution in [3.8, 4) is 0 Å². The minimum absolute atomic E-state index is 0.773. The molecule has 0 saturated carbocycles. The van der Waals surface area contributed by atoms with Gasteiger partial charge in [0.25, 0.3) is 0 Å². The van der Waals surface area contributed by atoms with Crippen molar-refractivity contribution in [2.45, 2.75) is 0 Å². The Balaban J connectivity index is 2.86. The van der Waals surface area contributed by atoms with Crippen LogP contribution in [0.5, 0.6) is 0 Å². The van der Waals surface area contributed by atoms with Crippen molar-refractivity contribution >= 4 is 54.2 Å². The molecule has 11 heavy (non-hydrogen) atoms. The van der Waals surface area contributed by atoms with Crippen LogP contribution in [0.3, 0.4) is 0 Å². The highest BCUT2D eigenvalue weighted by Crippen LogP contribution is 2.28. The number of hydrogen-bond acceptors (Lipinski definition) is 3. The molecule has 2 aromatic rings. The first-order valence-corrected chi connectivity index (χ1v) is 5.29. The van der Waals surface area contributed by atoms with Crippen molar-refractivity contribution in [1.82, 2.24) is 9.97 Å². The Morgan fingerprint density at radius 3 is 3.00 bits per heavy atom. The SMILES string of the molecule is Brc1cnc2c(Br)scc2n1. The van der Waals surface area contributed by atoms with Crippen molar-refractivity contribution in [2.75, 3.05) is 0 Å². The number of fused-ring (bicyclic) bond motifs is 1. The van der Waals surface area contributed by atoms with Gasteiger partial charge in [0.05, 0.1) is 9.98 Å². The van der Waals surface area contributed by atoms with Gasteiger partial charge in [0.1, 0.15) is 15.6 Å². The monoisotopic (exact) mass is 292 g/mol. The van der Waals surface area contributed by atoms with E-state index in [2.05, 4.69) is 41.8 Å². The molecule has 0 aliphatic carbocycles. The molecule has 0 fully saturated rings. The average molecular weight is 294 g/mol. The molecule has 0 spiro atoms. The molecule has 0 aromatic carbocycles. The standard InChI is InChI=1S/C6H2Br2N2S/c7-4-1-9-5-3(10-4)2-11-6(5)8/h1-2H. The summed E-state index contributed by atoms with van der Waals surface area (Å²) in [5.74, 6) is 0. The van der Waals surface area contributed by atoms with Crippen LogP contribution in [0.2, 0.25) is 0 Å². The van der Waals surface area contributed by atoms with Crippen molar-refractivity contribution in [3.63, 3.8) is 0 Å². The summed E-state index contributed by atoms with van der Waals surface area (Å²) < 4.78 is 1.81. The maximum absolute atomic E-state index is 4.23. The van der Waals surface area contributed by atoms with Crippen LogP contribution >= 0.6 is 43.2 Å². The summed E-state index contributed by atoms with van der Waals surface area (Å²) >= 11 is 8.25. The van der Waals surface area contributed by atoms with Crippen molar-refractivity contribution in [1.29, 1.82) is 0 Å². The summed E-state index contributed by atoms with van der Waals surface area (Å²) in [6.07, 6.45) is 1.69. The molecule has 0 atom stereocenters. The normalized spacial score (nSPS) is 10.7. The molecule has 5 heteroatoms. The van der Waals surface area contributed by atoms with E-state index in [0.29, 0.717) is 0 Å². The molecular formula is C6H2Br2N2S. The molecule has 2 aromatic heterocycles. The van der Waals surface area contributed by atoms with E-state index in [4.69, 9.17) is 0 Å². The molecular weight excluding hydrogens is 292 g/mol. The molecule has 0 aliphatic rings. The smallest absolute Gasteiger partial charge is 0.125 e. The van der Waals surface area contributed by atoms with E-state index in [1.807, 2.05) is 5.38 Å². The Morgan fingerprint density at radius 2 is 2.18 bits per heavy atom. The number of aromatic nitrogens is 2. The Hall–Kier alpha value is -0.0000000000000000555. The molecule has 0 unspecified atom stereocenters. The van der Waals surface area contributed by atoms with Gasteiger partial charge >= 0.3 is 0 Å². The van der Waals surface area contributed by atoms with Gasteiger partial charge in [-0.25, -0.2) is 9.97 Å². The summed E-state index contributed by atoms with van der Waals surface area (Å²) in [7, 11) is 0. The molecule has 0 bridgehead atoms. The van der Waals surface area contributed by atoms with Crippen LogP contribution in [-0.4, -0.2) is 9.97 Å². The maximum Gasteiger partial charge on any atom is 0.125 e. The van der Waals surface area contributed by atoms with Gasteiger partial charge < -0.3 is 0 Å². The van der Waals surface area contributed by atoms with Gasteiger partial charge in [0.2, 0.25) is 0 Å². The third-order valence-corrected chi connectivity index (χ3v) is 3.29. The predicted molar refractivity (Wildman–Crippen MR) is 52.8 cm³/mol. The zero-order valence-electron chi connectivity index (χ0n) is 5.21. The zero-order chi connectivity index (χ0) is 7.84. The molecule has 2 heterocycles. The van der Waals surface area contributed by atoms with E-state index in [-0.39, 0.29) is 0 Å². The van der Waals surface area contributed by atoms with Crippen LogP contribution in [0.1, 0.15) is 0 Å².